The second-order valence-electron chi connectivity index (χ2n) is 3.75. The second-order valence-corrected chi connectivity index (χ2v) is 5.83. The maximum atomic E-state index is 5.37. The lowest BCUT2D eigenvalue weighted by molar-refractivity contribution is 1.16. The van der Waals surface area contributed by atoms with Crippen LogP contribution in [0.15, 0.2) is 34.0 Å². The molecule has 0 amide bonds. The van der Waals surface area contributed by atoms with Gasteiger partial charge in [0.1, 0.15) is 4.34 Å². The Labute approximate surface area is 116 Å². The summed E-state index contributed by atoms with van der Waals surface area (Å²) in [6.07, 6.45) is 0. The van der Waals surface area contributed by atoms with Crippen molar-refractivity contribution in [1.82, 2.24) is 4.98 Å². The molecule has 0 saturated heterocycles. The van der Waals surface area contributed by atoms with E-state index in [1.807, 2.05) is 19.1 Å². The molecule has 0 atom stereocenters. The number of thioether (sulfide) groups is 1. The van der Waals surface area contributed by atoms with E-state index in [2.05, 4.69) is 34.3 Å². The summed E-state index contributed by atoms with van der Waals surface area (Å²) < 4.78 is 1.12. The van der Waals surface area contributed by atoms with Gasteiger partial charge in [0.25, 0.3) is 0 Å². The Morgan fingerprint density at radius 3 is 3.06 bits per heavy atom. The Morgan fingerprint density at radius 1 is 1.44 bits per heavy atom. The zero-order valence-electron chi connectivity index (χ0n) is 10.1. The number of aromatic nitrogens is 1. The molecule has 2 N–H and O–H groups in total. The number of aryl methyl sites for hydroxylation is 1. The highest BCUT2D eigenvalue weighted by Gasteiger charge is 2.00. The van der Waals surface area contributed by atoms with Gasteiger partial charge < -0.3 is 5.73 Å². The summed E-state index contributed by atoms with van der Waals surface area (Å²) in [5, 5.41) is 2.07. The Balaban J connectivity index is 2.01. The number of nitrogens with zero attached hydrogens (tertiary/aromatic N) is 1. The van der Waals surface area contributed by atoms with Crippen molar-refractivity contribution in [1.29, 1.82) is 0 Å². The molecule has 2 nitrogen and oxygen atoms in total. The fourth-order valence-electron chi connectivity index (χ4n) is 1.44. The van der Waals surface area contributed by atoms with E-state index in [-0.39, 0.29) is 0 Å². The molecule has 0 aliphatic carbocycles. The molecule has 0 spiro atoms. The zero-order valence-corrected chi connectivity index (χ0v) is 11.8. The van der Waals surface area contributed by atoms with Crippen LogP contribution in [-0.2, 0) is 5.75 Å². The monoisotopic (exact) mass is 274 g/mol. The molecular formula is C14H14N2S2. The van der Waals surface area contributed by atoms with Crippen LogP contribution < -0.4 is 5.73 Å². The van der Waals surface area contributed by atoms with Crippen LogP contribution in [0, 0.1) is 18.8 Å². The predicted molar refractivity (Wildman–Crippen MR) is 78.8 cm³/mol. The second kappa shape index (κ2) is 6.60. The SMILES string of the molecule is Cc1csc(SCc2cccc(C#CCN)c2)n1. The number of rotatable bonds is 3. The lowest BCUT2D eigenvalue weighted by atomic mass is 10.1. The molecule has 2 rings (SSSR count). The van der Waals surface area contributed by atoms with Gasteiger partial charge in [0.2, 0.25) is 0 Å². The quantitative estimate of drug-likeness (QED) is 0.690. The summed E-state index contributed by atoms with van der Waals surface area (Å²) in [5.41, 5.74) is 8.74. The number of hydrogen-bond acceptors (Lipinski definition) is 4. The smallest absolute Gasteiger partial charge is 0.150 e. The highest BCUT2D eigenvalue weighted by molar-refractivity contribution is 8.00. The van der Waals surface area contributed by atoms with Crippen molar-refractivity contribution >= 4 is 23.1 Å². The minimum absolute atomic E-state index is 0.400. The van der Waals surface area contributed by atoms with Crippen LogP contribution in [0.25, 0.3) is 0 Å². The van der Waals surface area contributed by atoms with Gasteiger partial charge in [-0.1, -0.05) is 35.7 Å². The van der Waals surface area contributed by atoms with Gasteiger partial charge in [-0.05, 0) is 24.6 Å². The largest absolute Gasteiger partial charge is 0.320 e. The van der Waals surface area contributed by atoms with Gasteiger partial charge in [-0.15, -0.1) is 11.3 Å². The summed E-state index contributed by atoms with van der Waals surface area (Å²) in [5.74, 6) is 6.84. The van der Waals surface area contributed by atoms with Crippen LogP contribution >= 0.6 is 23.1 Å². The summed E-state index contributed by atoms with van der Waals surface area (Å²) in [4.78, 5) is 4.43. The first-order valence-electron chi connectivity index (χ1n) is 5.61. The normalized spacial score (nSPS) is 9.89. The van der Waals surface area contributed by atoms with Crippen LogP contribution in [0.1, 0.15) is 16.8 Å². The third-order valence-electron chi connectivity index (χ3n) is 2.22. The van der Waals surface area contributed by atoms with Crippen molar-refractivity contribution in [3.05, 3.63) is 46.5 Å². The Bertz CT molecular complexity index is 579. The third kappa shape index (κ3) is 3.88. The lowest BCUT2D eigenvalue weighted by Crippen LogP contribution is -1.93. The average Bonchev–Trinajstić information content (AvgIpc) is 2.80. The molecule has 1 aromatic heterocycles. The highest BCUT2D eigenvalue weighted by atomic mass is 32.2. The summed E-state index contributed by atoms with van der Waals surface area (Å²) in [6.45, 7) is 2.42. The number of benzene rings is 1. The van der Waals surface area contributed by atoms with Crippen molar-refractivity contribution in [2.45, 2.75) is 17.0 Å². The van der Waals surface area contributed by atoms with Crippen molar-refractivity contribution in [2.75, 3.05) is 6.54 Å². The van der Waals surface area contributed by atoms with Gasteiger partial charge in [0.05, 0.1) is 6.54 Å². The van der Waals surface area contributed by atoms with E-state index in [9.17, 15) is 0 Å². The van der Waals surface area contributed by atoms with Crippen molar-refractivity contribution < 1.29 is 0 Å². The number of hydrogen-bond donors (Lipinski definition) is 1. The molecule has 0 saturated carbocycles. The van der Waals surface area contributed by atoms with Gasteiger partial charge in [-0.25, -0.2) is 4.98 Å². The molecule has 1 aromatic carbocycles. The summed E-state index contributed by atoms with van der Waals surface area (Å²) in [6, 6.07) is 8.26. The molecule has 2 aromatic rings. The van der Waals surface area contributed by atoms with E-state index in [0.717, 1.165) is 21.3 Å². The van der Waals surface area contributed by atoms with Gasteiger partial charge in [0.15, 0.2) is 0 Å². The van der Waals surface area contributed by atoms with Crippen LogP contribution in [0.5, 0.6) is 0 Å². The van der Waals surface area contributed by atoms with E-state index in [1.54, 1.807) is 23.1 Å². The highest BCUT2D eigenvalue weighted by Crippen LogP contribution is 2.26. The Kier molecular flexibility index (Phi) is 4.82. The Morgan fingerprint density at radius 2 is 2.33 bits per heavy atom. The van der Waals surface area contributed by atoms with E-state index < -0.39 is 0 Å². The van der Waals surface area contributed by atoms with Gasteiger partial charge in [-0.2, -0.15) is 0 Å². The maximum absolute atomic E-state index is 5.37. The van der Waals surface area contributed by atoms with E-state index in [4.69, 9.17) is 5.73 Å². The van der Waals surface area contributed by atoms with Crippen LogP contribution in [-0.4, -0.2) is 11.5 Å². The standard InChI is InChI=1S/C14H14N2S2/c1-11-9-17-14(16-11)18-10-13-5-2-4-12(8-13)6-3-7-15/h2,4-5,8-9H,7,10,15H2,1H3. The molecule has 0 radical (unpaired) electrons. The average molecular weight is 274 g/mol. The van der Waals surface area contributed by atoms with Crippen molar-refractivity contribution in [2.24, 2.45) is 5.73 Å². The molecule has 1 heterocycles. The summed E-state index contributed by atoms with van der Waals surface area (Å²) in [7, 11) is 0. The molecule has 0 fully saturated rings. The first-order valence-corrected chi connectivity index (χ1v) is 7.47. The van der Waals surface area contributed by atoms with Crippen LogP contribution in [0.2, 0.25) is 0 Å². The molecule has 92 valence electrons. The minimum Gasteiger partial charge on any atom is -0.320 e. The van der Waals surface area contributed by atoms with Gasteiger partial charge in [-0.3, -0.25) is 0 Å². The fraction of sp³-hybridized carbons (Fsp3) is 0.214. The first-order chi connectivity index (χ1) is 8.78. The van der Waals surface area contributed by atoms with E-state index >= 15 is 0 Å². The van der Waals surface area contributed by atoms with E-state index in [0.29, 0.717) is 6.54 Å². The first kappa shape index (κ1) is 13.2. The molecule has 0 bridgehead atoms. The molecule has 0 unspecified atom stereocenters. The number of thiazole rings is 1. The maximum Gasteiger partial charge on any atom is 0.150 e. The molecule has 0 aliphatic rings. The Hall–Kier alpha value is -1.28. The minimum atomic E-state index is 0.400. The van der Waals surface area contributed by atoms with Crippen LogP contribution in [0.4, 0.5) is 0 Å². The molecule has 4 heteroatoms. The van der Waals surface area contributed by atoms with Crippen molar-refractivity contribution in [3.8, 4) is 11.8 Å². The van der Waals surface area contributed by atoms with Gasteiger partial charge in [0, 0.05) is 22.4 Å². The molecule has 18 heavy (non-hydrogen) atoms. The fourth-order valence-corrected chi connectivity index (χ4v) is 3.23. The molecular weight excluding hydrogens is 260 g/mol. The van der Waals surface area contributed by atoms with E-state index in [1.165, 1.54) is 5.56 Å². The topological polar surface area (TPSA) is 38.9 Å². The number of nitrogens with two attached hydrogens (primary N) is 1. The molecule has 0 aliphatic heterocycles. The van der Waals surface area contributed by atoms with Crippen molar-refractivity contribution in [3.63, 3.8) is 0 Å². The zero-order chi connectivity index (χ0) is 12.8. The summed E-state index contributed by atoms with van der Waals surface area (Å²) >= 11 is 3.46. The predicted octanol–water partition coefficient (Wildman–Crippen LogP) is 3.05. The lowest BCUT2D eigenvalue weighted by Gasteiger charge is -1.99. The van der Waals surface area contributed by atoms with Gasteiger partial charge >= 0.3 is 0 Å². The third-order valence-corrected chi connectivity index (χ3v) is 4.43. The van der Waals surface area contributed by atoms with Crippen LogP contribution in [0.3, 0.4) is 0 Å².